The second-order valence-electron chi connectivity index (χ2n) is 8.40. The van der Waals surface area contributed by atoms with E-state index >= 15 is 0 Å². The number of nitrogens with zero attached hydrogens (tertiary/aromatic N) is 3. The molecule has 1 aromatic heterocycles. The normalized spacial score (nSPS) is 26.9. The van der Waals surface area contributed by atoms with E-state index in [-0.39, 0.29) is 24.2 Å². The van der Waals surface area contributed by atoms with Gasteiger partial charge in [-0.2, -0.15) is 0 Å². The summed E-state index contributed by atoms with van der Waals surface area (Å²) >= 11 is 0. The number of anilines is 1. The van der Waals surface area contributed by atoms with E-state index in [1.807, 2.05) is 27.0 Å². The van der Waals surface area contributed by atoms with Crippen molar-refractivity contribution >= 4 is 11.9 Å². The van der Waals surface area contributed by atoms with E-state index < -0.39 is 5.41 Å². The predicted octanol–water partition coefficient (Wildman–Crippen LogP) is 2.63. The van der Waals surface area contributed by atoms with Crippen LogP contribution in [0.15, 0.2) is 6.20 Å². The largest absolute Gasteiger partial charge is 0.372 e. The molecule has 1 saturated heterocycles. The molecule has 3 unspecified atom stereocenters. The van der Waals surface area contributed by atoms with Crippen LogP contribution < -0.4 is 10.2 Å². The van der Waals surface area contributed by atoms with E-state index in [2.05, 4.69) is 29.0 Å². The van der Waals surface area contributed by atoms with Gasteiger partial charge in [-0.3, -0.25) is 4.79 Å². The Labute approximate surface area is 150 Å². The SMILES string of the molecule is CC1CN(c2ncc3c(n2)CCCC3NC(=O)C(C)(C)C)CC(C)O1. The van der Waals surface area contributed by atoms with Crippen LogP contribution in [-0.2, 0) is 16.0 Å². The summed E-state index contributed by atoms with van der Waals surface area (Å²) in [6.45, 7) is 11.6. The molecule has 3 rings (SSSR count). The van der Waals surface area contributed by atoms with Crippen molar-refractivity contribution in [1.29, 1.82) is 0 Å². The Bertz CT molecular complexity index is 631. The fraction of sp³-hybridized carbons (Fsp3) is 0.737. The molecule has 25 heavy (non-hydrogen) atoms. The molecule has 1 aliphatic carbocycles. The Kier molecular flexibility index (Phi) is 5.00. The molecule has 6 nitrogen and oxygen atoms in total. The Morgan fingerprint density at radius 3 is 2.60 bits per heavy atom. The van der Waals surface area contributed by atoms with Gasteiger partial charge in [0.25, 0.3) is 0 Å². The lowest BCUT2D eigenvalue weighted by Crippen LogP contribution is -2.46. The highest BCUT2D eigenvalue weighted by Gasteiger charge is 2.30. The minimum Gasteiger partial charge on any atom is -0.372 e. The quantitative estimate of drug-likeness (QED) is 0.892. The first kappa shape index (κ1) is 18.1. The number of aromatic nitrogens is 2. The first-order valence-corrected chi connectivity index (χ1v) is 9.31. The summed E-state index contributed by atoms with van der Waals surface area (Å²) in [6.07, 6.45) is 5.21. The van der Waals surface area contributed by atoms with Gasteiger partial charge in [0.1, 0.15) is 0 Å². The lowest BCUT2D eigenvalue weighted by molar-refractivity contribution is -0.129. The summed E-state index contributed by atoms with van der Waals surface area (Å²) in [5, 5.41) is 3.18. The zero-order chi connectivity index (χ0) is 18.2. The monoisotopic (exact) mass is 346 g/mol. The number of hydrogen-bond donors (Lipinski definition) is 1. The minimum atomic E-state index is -0.390. The number of fused-ring (bicyclic) bond motifs is 1. The maximum Gasteiger partial charge on any atom is 0.225 e. The van der Waals surface area contributed by atoms with E-state index in [4.69, 9.17) is 9.72 Å². The van der Waals surface area contributed by atoms with E-state index in [1.54, 1.807) is 0 Å². The zero-order valence-electron chi connectivity index (χ0n) is 16.0. The van der Waals surface area contributed by atoms with Gasteiger partial charge in [-0.25, -0.2) is 9.97 Å². The zero-order valence-corrected chi connectivity index (χ0v) is 16.0. The molecule has 1 aliphatic heterocycles. The molecule has 1 N–H and O–H groups in total. The van der Waals surface area contributed by atoms with Crippen LogP contribution in [0.4, 0.5) is 5.95 Å². The third-order valence-electron chi connectivity index (χ3n) is 4.86. The van der Waals surface area contributed by atoms with E-state index in [0.717, 1.165) is 49.6 Å². The average molecular weight is 346 g/mol. The fourth-order valence-corrected chi connectivity index (χ4v) is 3.55. The first-order valence-electron chi connectivity index (χ1n) is 9.31. The molecule has 1 amide bonds. The Balaban J connectivity index is 1.79. The van der Waals surface area contributed by atoms with E-state index in [9.17, 15) is 4.79 Å². The molecular formula is C19H30N4O2. The molecule has 2 aliphatic rings. The highest BCUT2D eigenvalue weighted by atomic mass is 16.5. The van der Waals surface area contributed by atoms with Gasteiger partial charge in [-0.15, -0.1) is 0 Å². The number of carbonyl (C=O) groups excluding carboxylic acids is 1. The van der Waals surface area contributed by atoms with Crippen molar-refractivity contribution in [3.05, 3.63) is 17.5 Å². The van der Waals surface area contributed by atoms with Crippen LogP contribution in [0.2, 0.25) is 0 Å². The van der Waals surface area contributed by atoms with E-state index in [0.29, 0.717) is 0 Å². The number of amides is 1. The number of hydrogen-bond acceptors (Lipinski definition) is 5. The number of morpholine rings is 1. The third kappa shape index (κ3) is 4.11. The van der Waals surface area contributed by atoms with Gasteiger partial charge in [0.15, 0.2) is 0 Å². The molecule has 138 valence electrons. The molecule has 2 heterocycles. The van der Waals surface area contributed by atoms with Gasteiger partial charge in [-0.1, -0.05) is 20.8 Å². The molecule has 0 saturated carbocycles. The number of aryl methyl sites for hydroxylation is 1. The van der Waals surface area contributed by atoms with Crippen molar-refractivity contribution in [1.82, 2.24) is 15.3 Å². The number of rotatable bonds is 2. The van der Waals surface area contributed by atoms with Gasteiger partial charge in [0.05, 0.1) is 23.9 Å². The highest BCUT2D eigenvalue weighted by molar-refractivity contribution is 5.81. The van der Waals surface area contributed by atoms with Crippen molar-refractivity contribution in [2.75, 3.05) is 18.0 Å². The maximum atomic E-state index is 12.4. The van der Waals surface area contributed by atoms with Gasteiger partial charge < -0.3 is 15.0 Å². The van der Waals surface area contributed by atoms with Crippen molar-refractivity contribution < 1.29 is 9.53 Å². The first-order chi connectivity index (χ1) is 11.7. The second-order valence-corrected chi connectivity index (χ2v) is 8.40. The van der Waals surface area contributed by atoms with Gasteiger partial charge in [0.2, 0.25) is 11.9 Å². The molecule has 0 bridgehead atoms. The average Bonchev–Trinajstić information content (AvgIpc) is 2.52. The van der Waals surface area contributed by atoms with Gasteiger partial charge >= 0.3 is 0 Å². The molecule has 3 atom stereocenters. The summed E-state index contributed by atoms with van der Waals surface area (Å²) in [5.41, 5.74) is 1.75. The molecule has 1 fully saturated rings. The maximum absolute atomic E-state index is 12.4. The summed E-state index contributed by atoms with van der Waals surface area (Å²) in [7, 11) is 0. The molecule has 0 spiro atoms. The van der Waals surface area contributed by atoms with Crippen LogP contribution in [0.25, 0.3) is 0 Å². The fourth-order valence-electron chi connectivity index (χ4n) is 3.55. The molecule has 6 heteroatoms. The Hall–Kier alpha value is -1.69. The third-order valence-corrected chi connectivity index (χ3v) is 4.86. The van der Waals surface area contributed by atoms with Crippen LogP contribution in [0.5, 0.6) is 0 Å². The van der Waals surface area contributed by atoms with Crippen LogP contribution in [-0.4, -0.2) is 41.2 Å². The molecule has 0 aromatic carbocycles. The molecule has 1 aromatic rings. The Morgan fingerprint density at radius 2 is 1.96 bits per heavy atom. The summed E-state index contributed by atoms with van der Waals surface area (Å²) < 4.78 is 5.80. The van der Waals surface area contributed by atoms with Crippen molar-refractivity contribution in [2.45, 2.75) is 72.1 Å². The van der Waals surface area contributed by atoms with Gasteiger partial charge in [-0.05, 0) is 33.1 Å². The summed E-state index contributed by atoms with van der Waals surface area (Å²) in [5.74, 6) is 0.855. The standard InChI is InChI=1S/C19H30N4O2/c1-12-10-23(11-13(2)25-12)18-20-9-14-15(7-6-8-16(14)22-18)21-17(24)19(3,4)5/h9,12-13,15H,6-8,10-11H2,1-5H3,(H,21,24). The predicted molar refractivity (Wildman–Crippen MR) is 97.5 cm³/mol. The van der Waals surface area contributed by atoms with Crippen LogP contribution >= 0.6 is 0 Å². The van der Waals surface area contributed by atoms with Crippen molar-refractivity contribution in [3.8, 4) is 0 Å². The van der Waals surface area contributed by atoms with E-state index in [1.165, 1.54) is 0 Å². The molecular weight excluding hydrogens is 316 g/mol. The van der Waals surface area contributed by atoms with Gasteiger partial charge in [0, 0.05) is 30.3 Å². The van der Waals surface area contributed by atoms with Crippen LogP contribution in [0.3, 0.4) is 0 Å². The Morgan fingerprint density at radius 1 is 1.28 bits per heavy atom. The minimum absolute atomic E-state index is 0.0204. The number of ether oxygens (including phenoxy) is 1. The highest BCUT2D eigenvalue weighted by Crippen LogP contribution is 2.30. The van der Waals surface area contributed by atoms with Crippen LogP contribution in [0, 0.1) is 5.41 Å². The summed E-state index contributed by atoms with van der Waals surface area (Å²) in [4.78, 5) is 24.0. The van der Waals surface area contributed by atoms with Crippen LogP contribution in [0.1, 0.15) is 64.8 Å². The van der Waals surface area contributed by atoms with Crippen molar-refractivity contribution in [3.63, 3.8) is 0 Å². The van der Waals surface area contributed by atoms with Crippen molar-refractivity contribution in [2.24, 2.45) is 5.41 Å². The lowest BCUT2D eigenvalue weighted by atomic mass is 9.90. The lowest BCUT2D eigenvalue weighted by Gasteiger charge is -2.36. The number of carbonyl (C=O) groups is 1. The molecule has 0 radical (unpaired) electrons. The smallest absolute Gasteiger partial charge is 0.225 e. The summed E-state index contributed by atoms with van der Waals surface area (Å²) in [6, 6.07) is 0.0204. The number of nitrogens with one attached hydrogen (secondary N) is 1. The topological polar surface area (TPSA) is 67.4 Å². The second kappa shape index (κ2) is 6.90.